The molecule has 9 nitrogen and oxygen atoms in total. The van der Waals surface area contributed by atoms with Gasteiger partial charge in [0.25, 0.3) is 0 Å². The molecule has 1 atom stereocenters. The highest BCUT2D eigenvalue weighted by atomic mass is 19.1. The van der Waals surface area contributed by atoms with Crippen molar-refractivity contribution >= 4 is 23.3 Å². The molecular weight excluding hydrogens is 443 g/mol. The van der Waals surface area contributed by atoms with Crippen molar-refractivity contribution in [3.63, 3.8) is 0 Å². The minimum atomic E-state index is -0.802. The number of hydrogen-bond donors (Lipinski definition) is 0. The number of ether oxygens (including phenoxy) is 3. The molecule has 0 fully saturated rings. The number of halogens is 1. The van der Waals surface area contributed by atoms with Crippen LogP contribution in [0.25, 0.3) is 5.65 Å². The van der Waals surface area contributed by atoms with Gasteiger partial charge in [0.1, 0.15) is 23.5 Å². The molecule has 4 heterocycles. The topological polar surface area (TPSA) is 95.3 Å². The molecule has 0 N–H and O–H groups in total. The van der Waals surface area contributed by atoms with Crippen LogP contribution in [0, 0.1) is 5.82 Å². The fourth-order valence-corrected chi connectivity index (χ4v) is 4.36. The van der Waals surface area contributed by atoms with E-state index < -0.39 is 17.5 Å². The largest absolute Gasteiger partial charge is 0.493 e. The highest BCUT2D eigenvalue weighted by Gasteiger charge is 2.37. The third-order valence-electron chi connectivity index (χ3n) is 5.87. The number of nitrogens with zero attached hydrogens (tertiary/aromatic N) is 4. The van der Waals surface area contributed by atoms with Crippen LogP contribution in [-0.4, -0.2) is 45.3 Å². The van der Waals surface area contributed by atoms with Crippen LogP contribution in [0.1, 0.15) is 61.5 Å². The average molecular weight is 468 g/mol. The predicted molar refractivity (Wildman–Crippen MR) is 120 cm³/mol. The summed E-state index contributed by atoms with van der Waals surface area (Å²) >= 11 is 0. The van der Waals surface area contributed by atoms with Gasteiger partial charge in [0, 0.05) is 17.5 Å². The number of aromatic nitrogens is 3. The lowest BCUT2D eigenvalue weighted by Crippen LogP contribution is -2.38. The minimum absolute atomic E-state index is 0.130. The van der Waals surface area contributed by atoms with Gasteiger partial charge < -0.3 is 14.2 Å². The lowest BCUT2D eigenvalue weighted by atomic mass is 9.95. The smallest absolute Gasteiger partial charge is 0.416 e. The number of fused-ring (bicyclic) bond motifs is 3. The van der Waals surface area contributed by atoms with Gasteiger partial charge >= 0.3 is 6.09 Å². The van der Waals surface area contributed by atoms with Crippen molar-refractivity contribution in [1.29, 1.82) is 0 Å². The molecule has 178 valence electrons. The first-order valence-electron chi connectivity index (χ1n) is 11.1. The van der Waals surface area contributed by atoms with Crippen LogP contribution in [0.15, 0.2) is 24.5 Å². The summed E-state index contributed by atoms with van der Waals surface area (Å²) in [4.78, 5) is 27.4. The minimum Gasteiger partial charge on any atom is -0.493 e. The monoisotopic (exact) mass is 468 g/mol. The fraction of sp³-hybridized carbons (Fsp3) is 0.417. The number of Topliss-reactive ketones (excluding diaryl/α,β-unsaturated/α-hetero) is 1. The molecular formula is C24H25FN4O5. The van der Waals surface area contributed by atoms with Crippen molar-refractivity contribution in [2.75, 3.05) is 18.1 Å². The van der Waals surface area contributed by atoms with E-state index in [0.29, 0.717) is 29.0 Å². The second kappa shape index (κ2) is 7.96. The number of rotatable bonds is 2. The third kappa shape index (κ3) is 3.63. The maximum Gasteiger partial charge on any atom is 0.416 e. The Balaban J connectivity index is 1.76. The molecule has 0 saturated heterocycles. The lowest BCUT2D eigenvalue weighted by molar-refractivity contribution is 0.0574. The molecule has 2 aliphatic heterocycles. The van der Waals surface area contributed by atoms with Gasteiger partial charge in [0.05, 0.1) is 31.2 Å². The first kappa shape index (κ1) is 22.1. The normalized spacial score (nSPS) is 17.1. The van der Waals surface area contributed by atoms with Crippen LogP contribution in [0.3, 0.4) is 0 Å². The van der Waals surface area contributed by atoms with E-state index >= 15 is 4.39 Å². The van der Waals surface area contributed by atoms with Crippen LogP contribution in [-0.2, 0) is 11.3 Å². The molecule has 0 spiro atoms. The molecule has 0 saturated carbocycles. The van der Waals surface area contributed by atoms with Crippen LogP contribution in [0.2, 0.25) is 0 Å². The Morgan fingerprint density at radius 2 is 1.94 bits per heavy atom. The van der Waals surface area contributed by atoms with E-state index in [1.54, 1.807) is 39.8 Å². The number of amides is 1. The van der Waals surface area contributed by atoms with Crippen molar-refractivity contribution in [3.05, 3.63) is 47.0 Å². The van der Waals surface area contributed by atoms with E-state index in [9.17, 15) is 9.59 Å². The van der Waals surface area contributed by atoms with Gasteiger partial charge in [0.15, 0.2) is 23.0 Å². The summed E-state index contributed by atoms with van der Waals surface area (Å²) in [5, 5.41) is 8.07. The van der Waals surface area contributed by atoms with Crippen LogP contribution in [0.5, 0.6) is 11.5 Å². The summed E-state index contributed by atoms with van der Waals surface area (Å²) in [6.07, 6.45) is 0.962. The van der Waals surface area contributed by atoms with Gasteiger partial charge in [-0.05, 0) is 39.0 Å². The highest BCUT2D eigenvalue weighted by Crippen LogP contribution is 2.43. The number of ketones is 1. The molecule has 1 amide bonds. The Kier molecular flexibility index (Phi) is 5.18. The fourth-order valence-electron chi connectivity index (χ4n) is 4.36. The molecule has 0 aliphatic carbocycles. The Labute approximate surface area is 195 Å². The van der Waals surface area contributed by atoms with Crippen LogP contribution in [0.4, 0.5) is 15.0 Å². The molecule has 10 heteroatoms. The van der Waals surface area contributed by atoms with E-state index in [1.807, 2.05) is 0 Å². The maximum absolute atomic E-state index is 15.2. The van der Waals surface area contributed by atoms with Crippen LogP contribution < -0.4 is 14.4 Å². The number of anilines is 1. The highest BCUT2D eigenvalue weighted by molar-refractivity contribution is 6.03. The zero-order valence-electron chi connectivity index (χ0n) is 19.4. The molecule has 0 bridgehead atoms. The quantitative estimate of drug-likeness (QED) is 0.518. The Morgan fingerprint density at radius 1 is 1.21 bits per heavy atom. The van der Waals surface area contributed by atoms with E-state index in [-0.39, 0.29) is 48.5 Å². The zero-order chi connectivity index (χ0) is 24.2. The average Bonchev–Trinajstić information content (AvgIpc) is 3.42. The molecule has 3 aromatic rings. The molecule has 0 radical (unpaired) electrons. The summed E-state index contributed by atoms with van der Waals surface area (Å²) in [5.41, 5.74) is 0.810. The SMILES string of the molecule is CCC(=O)c1cc2c(n3cnnc13)N(C(=O)OC(C)(C)C)Cc1c(F)ccc3c1[C@H](CO3)CO2. The Hall–Kier alpha value is -3.69. The van der Waals surface area contributed by atoms with Crippen molar-refractivity contribution < 1.29 is 28.2 Å². The molecule has 5 rings (SSSR count). The molecule has 1 aromatic carbocycles. The van der Waals surface area contributed by atoms with E-state index in [2.05, 4.69) is 10.2 Å². The molecule has 34 heavy (non-hydrogen) atoms. The molecule has 2 aliphatic rings. The number of benzene rings is 1. The zero-order valence-corrected chi connectivity index (χ0v) is 19.4. The van der Waals surface area contributed by atoms with Gasteiger partial charge in [-0.1, -0.05) is 6.92 Å². The van der Waals surface area contributed by atoms with E-state index in [1.165, 1.54) is 21.7 Å². The van der Waals surface area contributed by atoms with Crippen molar-refractivity contribution in [3.8, 4) is 11.5 Å². The van der Waals surface area contributed by atoms with Crippen LogP contribution >= 0.6 is 0 Å². The van der Waals surface area contributed by atoms with Gasteiger partial charge in [0.2, 0.25) is 0 Å². The Morgan fingerprint density at radius 3 is 2.65 bits per heavy atom. The lowest BCUT2D eigenvalue weighted by Gasteiger charge is -2.29. The summed E-state index contributed by atoms with van der Waals surface area (Å²) in [7, 11) is 0. The second-order valence-corrected chi connectivity index (χ2v) is 9.37. The summed E-state index contributed by atoms with van der Waals surface area (Å²) in [6.45, 7) is 7.37. The van der Waals surface area contributed by atoms with Gasteiger partial charge in [-0.15, -0.1) is 10.2 Å². The van der Waals surface area contributed by atoms with Gasteiger partial charge in [-0.2, -0.15) is 0 Å². The predicted octanol–water partition coefficient (Wildman–Crippen LogP) is 4.27. The number of hydrogen-bond acceptors (Lipinski definition) is 7. The number of carbonyl (C=O) groups is 2. The summed E-state index contributed by atoms with van der Waals surface area (Å²) in [6, 6.07) is 4.50. The van der Waals surface area contributed by atoms with E-state index in [4.69, 9.17) is 14.2 Å². The third-order valence-corrected chi connectivity index (χ3v) is 5.87. The first-order chi connectivity index (χ1) is 16.2. The standard InChI is InChI=1S/C24H25FN4O5/c1-5-17(30)14-8-19-22(29-12-26-27-21(14)29)28(23(31)34-24(2,3)4)9-15-16(25)6-7-18-20(15)13(10-32-18)11-33-19/h6-8,12-13H,5,9-11H2,1-4H3/t13-/m1/s1. The summed E-state index contributed by atoms with van der Waals surface area (Å²) in [5.74, 6) is 0.264. The van der Waals surface area contributed by atoms with Crippen molar-refractivity contribution in [2.45, 2.75) is 52.2 Å². The van der Waals surface area contributed by atoms with Crippen molar-refractivity contribution in [1.82, 2.24) is 14.6 Å². The van der Waals surface area contributed by atoms with E-state index in [0.717, 1.165) is 0 Å². The number of carbonyl (C=O) groups excluding carboxylic acids is 2. The van der Waals surface area contributed by atoms with Gasteiger partial charge in [-0.25, -0.2) is 9.18 Å². The number of pyridine rings is 1. The maximum atomic E-state index is 15.2. The molecule has 0 unspecified atom stereocenters. The second-order valence-electron chi connectivity index (χ2n) is 9.37. The van der Waals surface area contributed by atoms with Gasteiger partial charge in [-0.3, -0.25) is 14.1 Å². The Bertz CT molecular complexity index is 1310. The first-order valence-corrected chi connectivity index (χ1v) is 11.1. The van der Waals surface area contributed by atoms with Crippen molar-refractivity contribution in [2.24, 2.45) is 0 Å². The summed E-state index contributed by atoms with van der Waals surface area (Å²) < 4.78 is 34.3. The molecule has 2 aromatic heterocycles.